The van der Waals surface area contributed by atoms with E-state index in [1.165, 1.54) is 0 Å². The topological polar surface area (TPSA) is 50.5 Å². The minimum absolute atomic E-state index is 0.227. The lowest BCUT2D eigenvalue weighted by atomic mass is 10.1. The number of rotatable bonds is 7. The number of thioether (sulfide) groups is 1. The molecule has 0 amide bonds. The molecule has 1 fully saturated rings. The second-order valence-corrected chi connectivity index (χ2v) is 7.85. The molecule has 0 radical (unpaired) electrons. The highest BCUT2D eigenvalue weighted by atomic mass is 32.3. The first kappa shape index (κ1) is 15.9. The van der Waals surface area contributed by atoms with Crippen LogP contribution in [0.5, 0.6) is 0 Å². The Bertz CT molecular complexity index is 523. The first-order valence-electron chi connectivity index (χ1n) is 6.69. The number of nitrogens with zero attached hydrogens (tertiary/aromatic N) is 1. The Morgan fingerprint density at radius 3 is 2.90 bits per heavy atom. The molecule has 114 valence electrons. The molecule has 0 bridgehead atoms. The van der Waals surface area contributed by atoms with Crippen molar-refractivity contribution in [1.29, 1.82) is 0 Å². The molecule has 1 saturated heterocycles. The Balaban J connectivity index is 1.96. The van der Waals surface area contributed by atoms with Crippen LogP contribution in [0.4, 0.5) is 3.89 Å². The van der Waals surface area contributed by atoms with Gasteiger partial charge >= 0.3 is 10.2 Å². The van der Waals surface area contributed by atoms with Crippen LogP contribution in [0.15, 0.2) is 16.7 Å². The summed E-state index contributed by atoms with van der Waals surface area (Å²) in [6.45, 7) is 3.53. The molecule has 1 atom stereocenters. The standard InChI is InChI=1S/C13H20FNO3S2/c1-11-13(2-5-18-11)9-15(4-7-20(14,16)17)8-12-3-6-19-10-12/h2,5,12H,3-4,6-10H2,1H3. The van der Waals surface area contributed by atoms with Crippen molar-refractivity contribution in [2.24, 2.45) is 5.92 Å². The molecule has 1 aromatic heterocycles. The van der Waals surface area contributed by atoms with E-state index in [0.29, 0.717) is 12.5 Å². The summed E-state index contributed by atoms with van der Waals surface area (Å²) in [7, 11) is -4.41. The van der Waals surface area contributed by atoms with Crippen LogP contribution in [0, 0.1) is 12.8 Å². The van der Waals surface area contributed by atoms with Crippen molar-refractivity contribution >= 4 is 22.0 Å². The van der Waals surface area contributed by atoms with Crippen LogP contribution in [0.25, 0.3) is 0 Å². The summed E-state index contributed by atoms with van der Waals surface area (Å²) in [5.41, 5.74) is 1.03. The Hall–Kier alpha value is -0.530. The fraction of sp³-hybridized carbons (Fsp3) is 0.692. The Morgan fingerprint density at radius 1 is 1.55 bits per heavy atom. The van der Waals surface area contributed by atoms with Gasteiger partial charge in [0.2, 0.25) is 0 Å². The Morgan fingerprint density at radius 2 is 2.35 bits per heavy atom. The van der Waals surface area contributed by atoms with E-state index >= 15 is 0 Å². The van der Waals surface area contributed by atoms with E-state index in [2.05, 4.69) is 0 Å². The van der Waals surface area contributed by atoms with Crippen molar-refractivity contribution in [3.8, 4) is 0 Å². The number of furan rings is 1. The summed E-state index contributed by atoms with van der Waals surface area (Å²) in [4.78, 5) is 2.02. The van der Waals surface area contributed by atoms with Gasteiger partial charge < -0.3 is 4.42 Å². The third-order valence-corrected chi connectivity index (χ3v) is 5.45. The summed E-state index contributed by atoms with van der Waals surface area (Å²) in [6.07, 6.45) is 2.77. The number of halogens is 1. The molecule has 0 aliphatic carbocycles. The predicted octanol–water partition coefficient (Wildman–Crippen LogP) is 2.44. The average molecular weight is 321 g/mol. The van der Waals surface area contributed by atoms with Gasteiger partial charge in [-0.3, -0.25) is 4.90 Å². The van der Waals surface area contributed by atoms with Crippen molar-refractivity contribution in [2.45, 2.75) is 19.9 Å². The molecule has 1 unspecified atom stereocenters. The van der Waals surface area contributed by atoms with Gasteiger partial charge in [0, 0.05) is 25.2 Å². The molecule has 0 saturated carbocycles. The van der Waals surface area contributed by atoms with Crippen LogP contribution < -0.4 is 0 Å². The smallest absolute Gasteiger partial charge is 0.303 e. The Labute approximate surface area is 123 Å². The highest BCUT2D eigenvalue weighted by Gasteiger charge is 2.21. The van der Waals surface area contributed by atoms with Crippen LogP contribution >= 0.6 is 11.8 Å². The minimum atomic E-state index is -4.41. The molecule has 2 heterocycles. The first-order valence-corrected chi connectivity index (χ1v) is 9.40. The van der Waals surface area contributed by atoms with Gasteiger partial charge in [-0.15, -0.1) is 3.89 Å². The summed E-state index contributed by atoms with van der Waals surface area (Å²) in [6, 6.07) is 1.88. The van der Waals surface area contributed by atoms with Crippen molar-refractivity contribution in [3.05, 3.63) is 23.7 Å². The lowest BCUT2D eigenvalue weighted by Gasteiger charge is -2.24. The molecule has 1 aromatic rings. The molecule has 2 rings (SSSR count). The van der Waals surface area contributed by atoms with Crippen LogP contribution in [0.1, 0.15) is 17.7 Å². The summed E-state index contributed by atoms with van der Waals surface area (Å²) in [5, 5.41) is 0. The van der Waals surface area contributed by atoms with Crippen LogP contribution in [0.2, 0.25) is 0 Å². The molecule has 1 aliphatic rings. The largest absolute Gasteiger partial charge is 0.469 e. The summed E-state index contributed by atoms with van der Waals surface area (Å²) >= 11 is 1.92. The van der Waals surface area contributed by atoms with Crippen molar-refractivity contribution in [2.75, 3.05) is 30.3 Å². The van der Waals surface area contributed by atoms with Gasteiger partial charge in [-0.2, -0.15) is 20.2 Å². The lowest BCUT2D eigenvalue weighted by molar-refractivity contribution is 0.242. The SMILES string of the molecule is Cc1occc1CN(CCS(=O)(=O)F)CC1CCSC1. The highest BCUT2D eigenvalue weighted by Crippen LogP contribution is 2.25. The molecule has 1 aliphatic heterocycles. The first-order chi connectivity index (χ1) is 9.44. The second kappa shape index (κ2) is 6.95. The van der Waals surface area contributed by atoms with E-state index in [4.69, 9.17) is 4.42 Å². The van der Waals surface area contributed by atoms with Gasteiger partial charge in [0.05, 0.1) is 12.0 Å². The zero-order valence-corrected chi connectivity index (χ0v) is 13.2. The molecular formula is C13H20FNO3S2. The molecule has 20 heavy (non-hydrogen) atoms. The van der Waals surface area contributed by atoms with E-state index in [-0.39, 0.29) is 6.54 Å². The maximum Gasteiger partial charge on any atom is 0.303 e. The average Bonchev–Trinajstić information content (AvgIpc) is 2.98. The Kier molecular flexibility index (Phi) is 5.51. The fourth-order valence-corrected chi connectivity index (χ4v) is 4.13. The third kappa shape index (κ3) is 5.10. The van der Waals surface area contributed by atoms with Crippen LogP contribution in [-0.4, -0.2) is 43.7 Å². The second-order valence-electron chi connectivity index (χ2n) is 5.21. The van der Waals surface area contributed by atoms with Gasteiger partial charge in [-0.05, 0) is 36.8 Å². The molecule has 4 nitrogen and oxygen atoms in total. The van der Waals surface area contributed by atoms with Crippen molar-refractivity contribution in [3.63, 3.8) is 0 Å². The number of hydrogen-bond donors (Lipinski definition) is 0. The molecular weight excluding hydrogens is 301 g/mol. The maximum atomic E-state index is 12.7. The summed E-state index contributed by atoms with van der Waals surface area (Å²) in [5.74, 6) is 3.21. The van der Waals surface area contributed by atoms with E-state index in [0.717, 1.165) is 35.8 Å². The lowest BCUT2D eigenvalue weighted by Crippen LogP contribution is -2.33. The van der Waals surface area contributed by atoms with Gasteiger partial charge in [0.15, 0.2) is 0 Å². The van der Waals surface area contributed by atoms with Gasteiger partial charge in [-0.1, -0.05) is 0 Å². The van der Waals surface area contributed by atoms with Crippen molar-refractivity contribution < 1.29 is 16.7 Å². The molecule has 7 heteroatoms. The van der Waals surface area contributed by atoms with E-state index in [9.17, 15) is 12.3 Å². The zero-order valence-electron chi connectivity index (χ0n) is 11.5. The normalized spacial score (nSPS) is 19.9. The fourth-order valence-electron chi connectivity index (χ4n) is 2.38. The predicted molar refractivity (Wildman–Crippen MR) is 79.0 cm³/mol. The maximum absolute atomic E-state index is 12.7. The van der Waals surface area contributed by atoms with Crippen LogP contribution in [-0.2, 0) is 16.8 Å². The van der Waals surface area contributed by atoms with Gasteiger partial charge in [-0.25, -0.2) is 0 Å². The van der Waals surface area contributed by atoms with Gasteiger partial charge in [0.1, 0.15) is 5.76 Å². The quantitative estimate of drug-likeness (QED) is 0.722. The van der Waals surface area contributed by atoms with E-state index < -0.39 is 16.0 Å². The van der Waals surface area contributed by atoms with Crippen molar-refractivity contribution in [1.82, 2.24) is 4.90 Å². The van der Waals surface area contributed by atoms with Gasteiger partial charge in [0.25, 0.3) is 0 Å². The third-order valence-electron chi connectivity index (χ3n) is 3.55. The van der Waals surface area contributed by atoms with E-state index in [1.807, 2.05) is 29.7 Å². The molecule has 0 N–H and O–H groups in total. The molecule has 0 spiro atoms. The van der Waals surface area contributed by atoms with Crippen LogP contribution in [0.3, 0.4) is 0 Å². The summed E-state index contributed by atoms with van der Waals surface area (Å²) < 4.78 is 39.5. The zero-order chi connectivity index (χ0) is 14.6. The number of aryl methyl sites for hydroxylation is 1. The molecule has 0 aromatic carbocycles. The van der Waals surface area contributed by atoms with E-state index in [1.54, 1.807) is 6.26 Å². The number of hydrogen-bond acceptors (Lipinski definition) is 5. The minimum Gasteiger partial charge on any atom is -0.469 e. The highest BCUT2D eigenvalue weighted by molar-refractivity contribution is 7.99. The monoisotopic (exact) mass is 321 g/mol.